The third-order valence-corrected chi connectivity index (χ3v) is 3.63. The summed E-state index contributed by atoms with van der Waals surface area (Å²) in [5, 5.41) is 2.82. The number of anilines is 2. The van der Waals surface area contributed by atoms with Crippen LogP contribution in [0.4, 0.5) is 11.4 Å². The van der Waals surface area contributed by atoms with E-state index in [1.54, 1.807) is 6.07 Å². The number of halogens is 1. The van der Waals surface area contributed by atoms with Crippen LogP contribution in [0.2, 0.25) is 0 Å². The molecule has 0 aromatic heterocycles. The highest BCUT2D eigenvalue weighted by molar-refractivity contribution is 9.10. The number of rotatable bonds is 5. The third kappa shape index (κ3) is 4.49. The van der Waals surface area contributed by atoms with Crippen molar-refractivity contribution in [3.05, 3.63) is 52.5 Å². The topological polar surface area (TPSA) is 64.3 Å². The van der Waals surface area contributed by atoms with Gasteiger partial charge in [-0.1, -0.05) is 18.2 Å². The quantitative estimate of drug-likeness (QED) is 0.808. The lowest BCUT2D eigenvalue weighted by Crippen LogP contribution is -2.15. The van der Waals surface area contributed by atoms with Gasteiger partial charge in [0.15, 0.2) is 0 Å². The lowest BCUT2D eigenvalue weighted by atomic mass is 10.2. The van der Waals surface area contributed by atoms with Gasteiger partial charge in [-0.2, -0.15) is 0 Å². The molecular weight excluding hydrogens is 332 g/mol. The first-order valence-corrected chi connectivity index (χ1v) is 7.39. The van der Waals surface area contributed by atoms with Crippen LogP contribution in [0.15, 0.2) is 46.9 Å². The fourth-order valence-electron chi connectivity index (χ4n) is 1.78. The van der Waals surface area contributed by atoms with Crippen LogP contribution >= 0.6 is 15.9 Å². The maximum atomic E-state index is 11.9. The second kappa shape index (κ2) is 7.13. The van der Waals surface area contributed by atoms with Gasteiger partial charge in [-0.15, -0.1) is 0 Å². The van der Waals surface area contributed by atoms with Gasteiger partial charge in [0, 0.05) is 10.2 Å². The van der Waals surface area contributed by atoms with E-state index < -0.39 is 0 Å². The van der Waals surface area contributed by atoms with Crippen LogP contribution in [0, 0.1) is 6.92 Å². The lowest BCUT2D eigenvalue weighted by Gasteiger charge is -2.10. The predicted octanol–water partition coefficient (Wildman–Crippen LogP) is 3.75. The highest BCUT2D eigenvalue weighted by Crippen LogP contribution is 2.27. The molecule has 2 rings (SSSR count). The Kier molecular flexibility index (Phi) is 5.22. The molecular formula is C16H17BrN2O2. The Labute approximate surface area is 132 Å². The number of nitrogens with one attached hydrogen (secondary N) is 1. The molecule has 2 aromatic rings. The van der Waals surface area contributed by atoms with Gasteiger partial charge < -0.3 is 15.8 Å². The third-order valence-electron chi connectivity index (χ3n) is 2.97. The van der Waals surface area contributed by atoms with E-state index in [4.69, 9.17) is 10.5 Å². The zero-order valence-corrected chi connectivity index (χ0v) is 13.3. The van der Waals surface area contributed by atoms with E-state index in [0.717, 1.165) is 15.8 Å². The molecule has 0 atom stereocenters. The summed E-state index contributed by atoms with van der Waals surface area (Å²) in [5.41, 5.74) is 8.13. The minimum absolute atomic E-state index is 0.116. The van der Waals surface area contributed by atoms with Gasteiger partial charge in [0.05, 0.1) is 18.7 Å². The van der Waals surface area contributed by atoms with Crippen LogP contribution in [0.1, 0.15) is 12.0 Å². The molecule has 0 spiro atoms. The Morgan fingerprint density at radius 3 is 2.71 bits per heavy atom. The normalized spacial score (nSPS) is 10.2. The second-order valence-corrected chi connectivity index (χ2v) is 5.50. The van der Waals surface area contributed by atoms with Crippen molar-refractivity contribution < 1.29 is 9.53 Å². The molecule has 0 aliphatic rings. The Balaban J connectivity index is 1.86. The van der Waals surface area contributed by atoms with Gasteiger partial charge >= 0.3 is 0 Å². The minimum atomic E-state index is -0.116. The van der Waals surface area contributed by atoms with Gasteiger partial charge in [0.2, 0.25) is 5.91 Å². The zero-order chi connectivity index (χ0) is 15.2. The van der Waals surface area contributed by atoms with Crippen LogP contribution in [-0.2, 0) is 4.79 Å². The average molecular weight is 349 g/mol. The van der Waals surface area contributed by atoms with Gasteiger partial charge in [0.25, 0.3) is 0 Å². The number of aryl methyl sites for hydroxylation is 1. The molecule has 5 heteroatoms. The number of carbonyl (C=O) groups is 1. The molecule has 4 nitrogen and oxygen atoms in total. The molecule has 0 saturated heterocycles. The van der Waals surface area contributed by atoms with Crippen molar-refractivity contribution in [2.45, 2.75) is 13.3 Å². The Bertz CT molecular complexity index is 630. The number of nitrogen functional groups attached to an aromatic ring is 1. The maximum Gasteiger partial charge on any atom is 0.227 e. The smallest absolute Gasteiger partial charge is 0.227 e. The Hall–Kier alpha value is -2.01. The number of benzene rings is 2. The molecule has 0 fully saturated rings. The van der Waals surface area contributed by atoms with Crippen LogP contribution < -0.4 is 15.8 Å². The van der Waals surface area contributed by atoms with E-state index in [0.29, 0.717) is 18.0 Å². The molecule has 2 aromatic carbocycles. The summed E-state index contributed by atoms with van der Waals surface area (Å²) < 4.78 is 6.30. The molecule has 21 heavy (non-hydrogen) atoms. The molecule has 0 bridgehead atoms. The molecule has 0 saturated carbocycles. The molecule has 0 unspecified atom stereocenters. The SMILES string of the molecule is Cc1cc(Br)c(NC(=O)CCOc2ccccc2)cc1N. The first-order chi connectivity index (χ1) is 10.1. The molecule has 0 heterocycles. The monoisotopic (exact) mass is 348 g/mol. The van der Waals surface area contributed by atoms with Crippen LogP contribution in [0.3, 0.4) is 0 Å². The van der Waals surface area contributed by atoms with Crippen molar-refractivity contribution >= 4 is 33.2 Å². The molecule has 3 N–H and O–H groups in total. The van der Waals surface area contributed by atoms with Crippen molar-refractivity contribution in [1.29, 1.82) is 0 Å². The van der Waals surface area contributed by atoms with E-state index >= 15 is 0 Å². The number of nitrogens with two attached hydrogens (primary N) is 1. The van der Waals surface area contributed by atoms with E-state index in [1.165, 1.54) is 0 Å². The van der Waals surface area contributed by atoms with E-state index in [-0.39, 0.29) is 12.3 Å². The van der Waals surface area contributed by atoms with Gasteiger partial charge in [0.1, 0.15) is 5.75 Å². The van der Waals surface area contributed by atoms with Crippen LogP contribution in [0.5, 0.6) is 5.75 Å². The lowest BCUT2D eigenvalue weighted by molar-refractivity contribution is -0.116. The van der Waals surface area contributed by atoms with E-state index in [1.807, 2.05) is 43.3 Å². The number of carbonyl (C=O) groups excluding carboxylic acids is 1. The Morgan fingerprint density at radius 2 is 2.00 bits per heavy atom. The number of ether oxygens (including phenoxy) is 1. The highest BCUT2D eigenvalue weighted by atomic mass is 79.9. The summed E-state index contributed by atoms with van der Waals surface area (Å²) in [6.07, 6.45) is 0.273. The summed E-state index contributed by atoms with van der Waals surface area (Å²) in [4.78, 5) is 11.9. The summed E-state index contributed by atoms with van der Waals surface area (Å²) in [6.45, 7) is 2.24. The molecule has 0 radical (unpaired) electrons. The second-order valence-electron chi connectivity index (χ2n) is 4.65. The fraction of sp³-hybridized carbons (Fsp3) is 0.188. The van der Waals surface area contributed by atoms with Gasteiger partial charge in [-0.05, 0) is 52.7 Å². The number of para-hydroxylation sites is 1. The molecule has 0 aliphatic heterocycles. The van der Waals surface area contributed by atoms with Crippen molar-refractivity contribution in [2.24, 2.45) is 0 Å². The fourth-order valence-corrected chi connectivity index (χ4v) is 2.33. The van der Waals surface area contributed by atoms with Crippen LogP contribution in [-0.4, -0.2) is 12.5 Å². The largest absolute Gasteiger partial charge is 0.493 e. The van der Waals surface area contributed by atoms with Crippen molar-refractivity contribution in [3.63, 3.8) is 0 Å². The predicted molar refractivity (Wildman–Crippen MR) is 88.5 cm³/mol. The van der Waals surface area contributed by atoms with Crippen molar-refractivity contribution in [1.82, 2.24) is 0 Å². The summed E-state index contributed by atoms with van der Waals surface area (Å²) in [6, 6.07) is 13.0. The van der Waals surface area contributed by atoms with Crippen molar-refractivity contribution in [2.75, 3.05) is 17.7 Å². The van der Waals surface area contributed by atoms with Crippen molar-refractivity contribution in [3.8, 4) is 5.75 Å². The molecule has 0 aliphatic carbocycles. The summed E-state index contributed by atoms with van der Waals surface area (Å²) in [7, 11) is 0. The summed E-state index contributed by atoms with van der Waals surface area (Å²) >= 11 is 3.41. The van der Waals surface area contributed by atoms with Crippen LogP contribution in [0.25, 0.3) is 0 Å². The van der Waals surface area contributed by atoms with E-state index in [2.05, 4.69) is 21.2 Å². The Morgan fingerprint density at radius 1 is 1.29 bits per heavy atom. The van der Waals surface area contributed by atoms with Gasteiger partial charge in [-0.3, -0.25) is 4.79 Å². The number of hydrogen-bond donors (Lipinski definition) is 2. The standard InChI is InChI=1S/C16H17BrN2O2/c1-11-9-13(17)15(10-14(11)18)19-16(20)7-8-21-12-5-3-2-4-6-12/h2-6,9-10H,7-8,18H2,1H3,(H,19,20). The number of hydrogen-bond acceptors (Lipinski definition) is 3. The minimum Gasteiger partial charge on any atom is -0.493 e. The first kappa shape index (κ1) is 15.4. The first-order valence-electron chi connectivity index (χ1n) is 6.59. The van der Waals surface area contributed by atoms with E-state index in [9.17, 15) is 4.79 Å². The zero-order valence-electron chi connectivity index (χ0n) is 11.7. The number of amides is 1. The average Bonchev–Trinajstić information content (AvgIpc) is 2.46. The summed E-state index contributed by atoms with van der Waals surface area (Å²) in [5.74, 6) is 0.640. The molecule has 1 amide bonds. The maximum absolute atomic E-state index is 11.9. The van der Waals surface area contributed by atoms with Gasteiger partial charge in [-0.25, -0.2) is 0 Å². The highest BCUT2D eigenvalue weighted by Gasteiger charge is 2.08. The molecule has 110 valence electrons.